The van der Waals surface area contributed by atoms with Gasteiger partial charge >= 0.3 is 0 Å². The maximum Gasteiger partial charge on any atom is 0.119 e. The van der Waals surface area contributed by atoms with E-state index in [0.717, 1.165) is 34.1 Å². The van der Waals surface area contributed by atoms with Crippen LogP contribution >= 0.6 is 0 Å². The second-order valence-electron chi connectivity index (χ2n) is 8.99. The summed E-state index contributed by atoms with van der Waals surface area (Å²) in [6, 6.07) is 44.7. The highest BCUT2D eigenvalue weighted by Crippen LogP contribution is 2.39. The minimum absolute atomic E-state index is 0.0338. The SMILES string of the molecule is OCCOc1ccc(N(c2ccc(OCCO)cc2)c2ccc(N(c3ccccc3)c3ccccc3)cc2)cc1. The van der Waals surface area contributed by atoms with Crippen molar-refractivity contribution in [2.75, 3.05) is 36.2 Å². The smallest absolute Gasteiger partial charge is 0.119 e. The van der Waals surface area contributed by atoms with E-state index in [0.29, 0.717) is 11.5 Å². The maximum atomic E-state index is 9.09. The number of rotatable bonds is 12. The Morgan fingerprint density at radius 2 is 0.650 bits per heavy atom. The van der Waals surface area contributed by atoms with Crippen LogP contribution in [0.1, 0.15) is 0 Å². The van der Waals surface area contributed by atoms with Gasteiger partial charge in [0.1, 0.15) is 24.7 Å². The fourth-order valence-corrected chi connectivity index (χ4v) is 4.51. The molecule has 0 amide bonds. The van der Waals surface area contributed by atoms with Crippen molar-refractivity contribution in [3.8, 4) is 11.5 Å². The predicted molar refractivity (Wildman–Crippen MR) is 161 cm³/mol. The molecule has 0 aliphatic carbocycles. The summed E-state index contributed by atoms with van der Waals surface area (Å²) in [5.74, 6) is 1.39. The Morgan fingerprint density at radius 3 is 0.950 bits per heavy atom. The summed E-state index contributed by atoms with van der Waals surface area (Å²) < 4.78 is 11.1. The molecular formula is C34H32N2O4. The molecule has 0 aliphatic rings. The Morgan fingerprint density at radius 1 is 0.375 bits per heavy atom. The molecule has 0 saturated carbocycles. The van der Waals surface area contributed by atoms with Gasteiger partial charge in [0, 0.05) is 34.1 Å². The second-order valence-corrected chi connectivity index (χ2v) is 8.99. The van der Waals surface area contributed by atoms with Gasteiger partial charge in [-0.05, 0) is 97.1 Å². The summed E-state index contributed by atoms with van der Waals surface area (Å²) in [5.41, 5.74) is 6.09. The molecule has 0 bridgehead atoms. The Balaban J connectivity index is 1.51. The summed E-state index contributed by atoms with van der Waals surface area (Å²) in [6.07, 6.45) is 0. The quantitative estimate of drug-likeness (QED) is 0.175. The topological polar surface area (TPSA) is 65.4 Å². The molecule has 0 aromatic heterocycles. The molecule has 5 aromatic rings. The van der Waals surface area contributed by atoms with Crippen molar-refractivity contribution in [1.29, 1.82) is 0 Å². The van der Waals surface area contributed by atoms with Crippen LogP contribution in [-0.2, 0) is 0 Å². The average molecular weight is 533 g/mol. The number of ether oxygens (including phenoxy) is 2. The molecule has 40 heavy (non-hydrogen) atoms. The normalized spacial score (nSPS) is 10.7. The minimum Gasteiger partial charge on any atom is -0.491 e. The molecule has 0 radical (unpaired) electrons. The van der Waals surface area contributed by atoms with Crippen LogP contribution in [0.2, 0.25) is 0 Å². The molecule has 5 rings (SSSR count). The van der Waals surface area contributed by atoms with E-state index in [2.05, 4.69) is 58.3 Å². The van der Waals surface area contributed by atoms with Gasteiger partial charge in [-0.15, -0.1) is 0 Å². The summed E-state index contributed by atoms with van der Waals surface area (Å²) in [5, 5.41) is 18.2. The second kappa shape index (κ2) is 13.3. The van der Waals surface area contributed by atoms with Crippen molar-refractivity contribution in [3.63, 3.8) is 0 Å². The third kappa shape index (κ3) is 6.43. The summed E-state index contributed by atoms with van der Waals surface area (Å²) in [7, 11) is 0. The Hall–Kier alpha value is -4.78. The maximum absolute atomic E-state index is 9.09. The number of aliphatic hydroxyl groups excluding tert-OH is 2. The third-order valence-corrected chi connectivity index (χ3v) is 6.30. The van der Waals surface area contributed by atoms with Crippen molar-refractivity contribution in [2.24, 2.45) is 0 Å². The van der Waals surface area contributed by atoms with E-state index in [1.165, 1.54) is 0 Å². The first-order valence-corrected chi connectivity index (χ1v) is 13.2. The lowest BCUT2D eigenvalue weighted by Gasteiger charge is -2.28. The summed E-state index contributed by atoms with van der Waals surface area (Å²) in [6.45, 7) is 0.431. The van der Waals surface area contributed by atoms with Crippen LogP contribution in [0.25, 0.3) is 0 Å². The van der Waals surface area contributed by atoms with Gasteiger partial charge in [-0.2, -0.15) is 0 Å². The van der Waals surface area contributed by atoms with E-state index in [-0.39, 0.29) is 26.4 Å². The first kappa shape index (κ1) is 26.8. The number of para-hydroxylation sites is 2. The molecule has 0 heterocycles. The molecule has 2 N–H and O–H groups in total. The molecule has 5 aromatic carbocycles. The van der Waals surface area contributed by atoms with Crippen molar-refractivity contribution >= 4 is 34.1 Å². The van der Waals surface area contributed by atoms with Gasteiger partial charge in [0.15, 0.2) is 0 Å². The van der Waals surface area contributed by atoms with Crippen LogP contribution in [0, 0.1) is 0 Å². The highest BCUT2D eigenvalue weighted by Gasteiger charge is 2.16. The summed E-state index contributed by atoms with van der Waals surface area (Å²) >= 11 is 0. The number of nitrogens with zero attached hydrogens (tertiary/aromatic N) is 2. The zero-order valence-corrected chi connectivity index (χ0v) is 22.1. The Bertz CT molecular complexity index is 1350. The number of hydrogen-bond acceptors (Lipinski definition) is 6. The fourth-order valence-electron chi connectivity index (χ4n) is 4.51. The molecule has 0 saturated heterocycles. The number of hydrogen-bond donors (Lipinski definition) is 2. The molecule has 6 nitrogen and oxygen atoms in total. The summed E-state index contributed by atoms with van der Waals surface area (Å²) in [4.78, 5) is 4.39. The first-order chi connectivity index (χ1) is 19.8. The van der Waals surface area contributed by atoms with Crippen molar-refractivity contribution < 1.29 is 19.7 Å². The lowest BCUT2D eigenvalue weighted by atomic mass is 10.1. The lowest BCUT2D eigenvalue weighted by Crippen LogP contribution is -2.12. The third-order valence-electron chi connectivity index (χ3n) is 6.30. The number of benzene rings is 5. The standard InChI is InChI=1S/C34H32N2O4/c37-23-25-39-33-19-15-31(16-20-33)36(32-17-21-34(22-18-32)40-26-24-38)30-13-11-29(12-14-30)35(27-7-3-1-4-8-27)28-9-5-2-6-10-28/h1-22,37-38H,23-26H2. The molecule has 0 spiro atoms. The molecular weight excluding hydrogens is 500 g/mol. The van der Waals surface area contributed by atoms with E-state index in [9.17, 15) is 0 Å². The first-order valence-electron chi connectivity index (χ1n) is 13.2. The number of anilines is 6. The van der Waals surface area contributed by atoms with E-state index in [1.54, 1.807) is 0 Å². The van der Waals surface area contributed by atoms with Crippen LogP contribution < -0.4 is 19.3 Å². The Kier molecular flexibility index (Phi) is 8.94. The molecule has 0 unspecified atom stereocenters. The zero-order chi connectivity index (χ0) is 27.6. The predicted octanol–water partition coefficient (Wildman–Crippen LogP) is 7.37. The van der Waals surface area contributed by atoms with Crippen molar-refractivity contribution in [2.45, 2.75) is 0 Å². The van der Waals surface area contributed by atoms with E-state index >= 15 is 0 Å². The number of aliphatic hydroxyl groups is 2. The molecule has 6 heteroatoms. The van der Waals surface area contributed by atoms with Gasteiger partial charge in [-0.1, -0.05) is 36.4 Å². The van der Waals surface area contributed by atoms with Gasteiger partial charge in [-0.25, -0.2) is 0 Å². The van der Waals surface area contributed by atoms with Crippen LogP contribution in [0.5, 0.6) is 11.5 Å². The highest BCUT2D eigenvalue weighted by molar-refractivity contribution is 5.81. The van der Waals surface area contributed by atoms with E-state index in [1.807, 2.05) is 84.9 Å². The van der Waals surface area contributed by atoms with Crippen LogP contribution in [0.3, 0.4) is 0 Å². The fraction of sp³-hybridized carbons (Fsp3) is 0.118. The highest BCUT2D eigenvalue weighted by atomic mass is 16.5. The van der Waals surface area contributed by atoms with Gasteiger partial charge in [0.25, 0.3) is 0 Å². The minimum atomic E-state index is -0.0338. The molecule has 202 valence electrons. The molecule has 0 fully saturated rings. The van der Waals surface area contributed by atoms with Crippen molar-refractivity contribution in [1.82, 2.24) is 0 Å². The van der Waals surface area contributed by atoms with Crippen LogP contribution in [0.4, 0.5) is 34.1 Å². The molecule has 0 aliphatic heterocycles. The Labute approximate surface area is 234 Å². The monoisotopic (exact) mass is 532 g/mol. The van der Waals surface area contributed by atoms with Gasteiger partial charge in [-0.3, -0.25) is 0 Å². The van der Waals surface area contributed by atoms with Crippen molar-refractivity contribution in [3.05, 3.63) is 133 Å². The van der Waals surface area contributed by atoms with E-state index < -0.39 is 0 Å². The van der Waals surface area contributed by atoms with Crippen LogP contribution in [-0.4, -0.2) is 36.6 Å². The zero-order valence-electron chi connectivity index (χ0n) is 22.1. The lowest BCUT2D eigenvalue weighted by molar-refractivity contribution is 0.201. The van der Waals surface area contributed by atoms with Crippen LogP contribution in [0.15, 0.2) is 133 Å². The van der Waals surface area contributed by atoms with Gasteiger partial charge < -0.3 is 29.5 Å². The van der Waals surface area contributed by atoms with Gasteiger partial charge in [0.2, 0.25) is 0 Å². The van der Waals surface area contributed by atoms with Gasteiger partial charge in [0.05, 0.1) is 13.2 Å². The van der Waals surface area contributed by atoms with E-state index in [4.69, 9.17) is 19.7 Å². The average Bonchev–Trinajstić information content (AvgIpc) is 3.02. The largest absolute Gasteiger partial charge is 0.491 e. The molecule has 0 atom stereocenters.